The Morgan fingerprint density at radius 2 is 1.95 bits per heavy atom. The molecule has 0 aliphatic heterocycles. The first-order chi connectivity index (χ1) is 10.2. The lowest BCUT2D eigenvalue weighted by atomic mass is 10.2. The first-order valence-corrected chi connectivity index (χ1v) is 8.67. The van der Waals surface area contributed by atoms with Crippen LogP contribution in [0.2, 0.25) is 0 Å². The zero-order valence-corrected chi connectivity index (χ0v) is 15.3. The molecule has 1 N–H and O–H groups in total. The summed E-state index contributed by atoms with van der Waals surface area (Å²) < 4.78 is 1.85. The topological polar surface area (TPSA) is 50.7 Å². The highest BCUT2D eigenvalue weighted by Crippen LogP contribution is 2.30. The van der Waals surface area contributed by atoms with Gasteiger partial charge in [0.25, 0.3) is 0 Å². The Hall–Kier alpha value is -1.01. The number of nitrogens with one attached hydrogen (secondary N) is 1. The van der Waals surface area contributed by atoms with Crippen LogP contribution in [0, 0.1) is 0 Å². The van der Waals surface area contributed by atoms with E-state index in [1.165, 1.54) is 0 Å². The summed E-state index contributed by atoms with van der Waals surface area (Å²) in [7, 11) is 0. The molecule has 2 rings (SSSR count). The fraction of sp³-hybridized carbons (Fsp3) is 0.400. The number of nitrogens with zero attached hydrogens (tertiary/aromatic N) is 3. The Morgan fingerprint density at radius 3 is 2.62 bits per heavy atom. The zero-order valence-electron chi connectivity index (χ0n) is 12.2. The molecule has 0 saturated heterocycles. The summed E-state index contributed by atoms with van der Waals surface area (Å²) in [6.07, 6.45) is 4.74. The van der Waals surface area contributed by atoms with Crippen LogP contribution >= 0.6 is 31.9 Å². The van der Waals surface area contributed by atoms with Crippen LogP contribution in [-0.2, 0) is 6.42 Å². The predicted octanol–water partition coefficient (Wildman–Crippen LogP) is 4.84. The van der Waals surface area contributed by atoms with Crippen molar-refractivity contribution in [2.75, 3.05) is 11.9 Å². The van der Waals surface area contributed by atoms with Crippen LogP contribution in [0.15, 0.2) is 27.3 Å². The third kappa shape index (κ3) is 4.01. The molecule has 0 atom stereocenters. The lowest BCUT2D eigenvalue weighted by Crippen LogP contribution is -2.08. The first kappa shape index (κ1) is 16.4. The molecule has 0 aromatic carbocycles. The minimum absolute atomic E-state index is 0.646. The second-order valence-electron chi connectivity index (χ2n) is 4.67. The van der Waals surface area contributed by atoms with Crippen molar-refractivity contribution in [3.63, 3.8) is 0 Å². The molecule has 0 saturated carbocycles. The Kier molecular flexibility index (Phi) is 6.11. The summed E-state index contributed by atoms with van der Waals surface area (Å²) in [6.45, 7) is 5.15. The van der Waals surface area contributed by atoms with Gasteiger partial charge in [0.15, 0.2) is 5.82 Å². The maximum atomic E-state index is 4.67. The zero-order chi connectivity index (χ0) is 15.2. The molecular formula is C15H18Br2N4. The van der Waals surface area contributed by atoms with Gasteiger partial charge in [-0.3, -0.25) is 4.98 Å². The number of anilines is 1. The van der Waals surface area contributed by atoms with Crippen molar-refractivity contribution < 1.29 is 0 Å². The van der Waals surface area contributed by atoms with Crippen LogP contribution in [0.25, 0.3) is 11.5 Å². The average Bonchev–Trinajstić information content (AvgIpc) is 2.49. The summed E-state index contributed by atoms with van der Waals surface area (Å²) in [4.78, 5) is 13.7. The summed E-state index contributed by atoms with van der Waals surface area (Å²) >= 11 is 7.14. The Bertz CT molecular complexity index is 617. The van der Waals surface area contributed by atoms with Gasteiger partial charge in [-0.05, 0) is 56.8 Å². The van der Waals surface area contributed by atoms with E-state index in [1.807, 2.05) is 12.1 Å². The second kappa shape index (κ2) is 7.84. The number of hydrogen-bond donors (Lipinski definition) is 1. The van der Waals surface area contributed by atoms with E-state index in [4.69, 9.17) is 0 Å². The van der Waals surface area contributed by atoms with E-state index in [9.17, 15) is 0 Å². The summed E-state index contributed by atoms with van der Waals surface area (Å²) in [5.41, 5.74) is 1.78. The molecule has 0 aliphatic carbocycles. The SMILES string of the molecule is CCCNc1nc(-c2ncccc2Br)nc(CCC)c1Br. The minimum Gasteiger partial charge on any atom is -0.369 e. The standard InChI is InChI=1S/C15H18Br2N4/c1-3-6-11-12(17)14(19-8-4-2)21-15(20-11)13-10(16)7-5-9-18-13/h5,7,9H,3-4,6,8H2,1-2H3,(H,19,20,21). The molecule has 112 valence electrons. The molecule has 0 radical (unpaired) electrons. The monoisotopic (exact) mass is 412 g/mol. The van der Waals surface area contributed by atoms with Crippen molar-refractivity contribution >= 4 is 37.7 Å². The lowest BCUT2D eigenvalue weighted by molar-refractivity contribution is 0.863. The van der Waals surface area contributed by atoms with Crippen LogP contribution in [0.4, 0.5) is 5.82 Å². The van der Waals surface area contributed by atoms with Gasteiger partial charge in [0.1, 0.15) is 11.5 Å². The van der Waals surface area contributed by atoms with E-state index in [0.29, 0.717) is 5.82 Å². The van der Waals surface area contributed by atoms with Gasteiger partial charge in [-0.15, -0.1) is 0 Å². The van der Waals surface area contributed by atoms with Crippen LogP contribution in [0.1, 0.15) is 32.4 Å². The van der Waals surface area contributed by atoms with Gasteiger partial charge in [-0.2, -0.15) is 0 Å². The number of pyridine rings is 1. The van der Waals surface area contributed by atoms with E-state index in [2.05, 4.69) is 66.0 Å². The van der Waals surface area contributed by atoms with E-state index in [0.717, 1.165) is 52.0 Å². The van der Waals surface area contributed by atoms with Gasteiger partial charge in [0, 0.05) is 17.2 Å². The van der Waals surface area contributed by atoms with Crippen molar-refractivity contribution in [2.24, 2.45) is 0 Å². The fourth-order valence-corrected chi connectivity index (χ4v) is 2.86. The highest BCUT2D eigenvalue weighted by atomic mass is 79.9. The molecule has 0 bridgehead atoms. The fourth-order valence-electron chi connectivity index (χ4n) is 1.91. The van der Waals surface area contributed by atoms with Crippen molar-refractivity contribution in [3.8, 4) is 11.5 Å². The van der Waals surface area contributed by atoms with E-state index in [1.54, 1.807) is 6.20 Å². The molecule has 0 aliphatic rings. The normalized spacial score (nSPS) is 10.7. The average molecular weight is 414 g/mol. The molecule has 2 heterocycles. The predicted molar refractivity (Wildman–Crippen MR) is 93.4 cm³/mol. The quantitative estimate of drug-likeness (QED) is 0.736. The number of aromatic nitrogens is 3. The van der Waals surface area contributed by atoms with Gasteiger partial charge in [-0.1, -0.05) is 20.3 Å². The highest BCUT2D eigenvalue weighted by molar-refractivity contribution is 9.11. The van der Waals surface area contributed by atoms with Gasteiger partial charge in [0.05, 0.1) is 10.2 Å². The molecule has 0 unspecified atom stereocenters. The largest absolute Gasteiger partial charge is 0.369 e. The smallest absolute Gasteiger partial charge is 0.181 e. The first-order valence-electron chi connectivity index (χ1n) is 7.08. The maximum Gasteiger partial charge on any atom is 0.181 e. The number of rotatable bonds is 6. The van der Waals surface area contributed by atoms with Gasteiger partial charge >= 0.3 is 0 Å². The third-order valence-electron chi connectivity index (χ3n) is 2.92. The molecule has 2 aromatic heterocycles. The molecule has 0 fully saturated rings. The molecule has 21 heavy (non-hydrogen) atoms. The van der Waals surface area contributed by atoms with E-state index < -0.39 is 0 Å². The number of aryl methyl sites for hydroxylation is 1. The molecule has 0 spiro atoms. The second-order valence-corrected chi connectivity index (χ2v) is 6.31. The van der Waals surface area contributed by atoms with Crippen molar-refractivity contribution in [3.05, 3.63) is 33.0 Å². The summed E-state index contributed by atoms with van der Waals surface area (Å²) in [5, 5.41) is 3.35. The van der Waals surface area contributed by atoms with Crippen molar-refractivity contribution in [1.82, 2.24) is 15.0 Å². The van der Waals surface area contributed by atoms with Gasteiger partial charge in [-0.25, -0.2) is 9.97 Å². The summed E-state index contributed by atoms with van der Waals surface area (Å²) in [5.74, 6) is 1.48. The molecule has 4 nitrogen and oxygen atoms in total. The van der Waals surface area contributed by atoms with E-state index >= 15 is 0 Å². The number of hydrogen-bond acceptors (Lipinski definition) is 4. The Morgan fingerprint density at radius 1 is 1.14 bits per heavy atom. The van der Waals surface area contributed by atoms with E-state index in [-0.39, 0.29) is 0 Å². The molecule has 0 amide bonds. The highest BCUT2D eigenvalue weighted by Gasteiger charge is 2.15. The number of halogens is 2. The molecular weight excluding hydrogens is 396 g/mol. The van der Waals surface area contributed by atoms with Crippen molar-refractivity contribution in [1.29, 1.82) is 0 Å². The Labute approximate surface area is 142 Å². The van der Waals surface area contributed by atoms with Crippen molar-refractivity contribution in [2.45, 2.75) is 33.1 Å². The lowest BCUT2D eigenvalue weighted by Gasteiger charge is -2.12. The molecule has 2 aromatic rings. The molecule has 6 heteroatoms. The Balaban J connectivity index is 2.50. The third-order valence-corrected chi connectivity index (χ3v) is 4.39. The van der Waals surface area contributed by atoms with Crippen LogP contribution < -0.4 is 5.32 Å². The van der Waals surface area contributed by atoms with Crippen LogP contribution in [0.5, 0.6) is 0 Å². The van der Waals surface area contributed by atoms with Crippen LogP contribution in [-0.4, -0.2) is 21.5 Å². The maximum absolute atomic E-state index is 4.67. The summed E-state index contributed by atoms with van der Waals surface area (Å²) in [6, 6.07) is 3.84. The van der Waals surface area contributed by atoms with Gasteiger partial charge < -0.3 is 5.32 Å². The van der Waals surface area contributed by atoms with Gasteiger partial charge in [0.2, 0.25) is 0 Å². The minimum atomic E-state index is 0.646. The van der Waals surface area contributed by atoms with Crippen LogP contribution in [0.3, 0.4) is 0 Å².